The summed E-state index contributed by atoms with van der Waals surface area (Å²) in [4.78, 5) is 37.4. The molecule has 1 unspecified atom stereocenters. The van der Waals surface area contributed by atoms with Gasteiger partial charge in [0.2, 0.25) is 0 Å². The van der Waals surface area contributed by atoms with E-state index in [0.29, 0.717) is 23.1 Å². The topological polar surface area (TPSA) is 124 Å². The molecule has 0 spiro atoms. The third-order valence-corrected chi connectivity index (χ3v) is 6.06. The minimum absolute atomic E-state index is 0.0866. The van der Waals surface area contributed by atoms with Crippen molar-refractivity contribution in [2.24, 2.45) is 0 Å². The number of ether oxygens (including phenoxy) is 3. The molecule has 1 aliphatic rings. The van der Waals surface area contributed by atoms with Crippen LogP contribution in [0.2, 0.25) is 0 Å². The molecule has 0 radical (unpaired) electrons. The smallest absolute Gasteiger partial charge is 0.360 e. The van der Waals surface area contributed by atoms with Crippen LogP contribution in [0, 0.1) is 6.92 Å². The van der Waals surface area contributed by atoms with Crippen LogP contribution in [-0.4, -0.2) is 44.4 Å². The molecule has 9 heteroatoms. The number of carbonyl (C=O) groups is 2. The van der Waals surface area contributed by atoms with Gasteiger partial charge in [-0.05, 0) is 42.8 Å². The van der Waals surface area contributed by atoms with Gasteiger partial charge < -0.3 is 29.1 Å². The lowest BCUT2D eigenvalue weighted by atomic mass is 9.93. The number of carbonyl (C=O) groups excluding carboxylic acids is 1. The minimum atomic E-state index is -1.21. The number of hydrogen-bond donors (Lipinski definition) is 2. The second kappa shape index (κ2) is 10.1. The Morgan fingerprint density at radius 3 is 2.50 bits per heavy atom. The molecule has 0 saturated carbocycles. The number of fused-ring (bicyclic) bond motifs is 1. The van der Waals surface area contributed by atoms with E-state index in [4.69, 9.17) is 18.6 Å². The molecule has 0 saturated heterocycles. The van der Waals surface area contributed by atoms with Crippen molar-refractivity contribution in [3.05, 3.63) is 81.2 Å². The highest BCUT2D eigenvalue weighted by Gasteiger charge is 2.22. The molecule has 2 aromatic carbocycles. The fourth-order valence-corrected chi connectivity index (χ4v) is 4.22. The van der Waals surface area contributed by atoms with E-state index in [9.17, 15) is 19.5 Å². The molecule has 2 N–H and O–H groups in total. The van der Waals surface area contributed by atoms with E-state index in [1.807, 2.05) is 18.2 Å². The predicted molar refractivity (Wildman–Crippen MR) is 134 cm³/mol. The van der Waals surface area contributed by atoms with Gasteiger partial charge in [0.25, 0.3) is 5.91 Å². The molecule has 1 aromatic heterocycles. The standard InChI is InChI=1S/C27H25NO8/c1-14-23(26(30)31)22(35-4)13-17-12-20(27(32)36-24(14)17)28-25(29)16-8-9-21(34-3)19(11-16)15-6-5-7-18(10-15)33-2/h5-9,11-13,18H,10H2,1-4H3,(H,28,29)(H,30,31). The van der Waals surface area contributed by atoms with Crippen molar-refractivity contribution in [1.82, 2.24) is 0 Å². The first kappa shape index (κ1) is 24.7. The SMILES string of the molecule is COc1ccc(C(=O)Nc2cc3cc(OC)c(C(=O)O)c(C)c3oc2=O)cc1C1=CC=CC(OC)C1. The summed E-state index contributed by atoms with van der Waals surface area (Å²) in [5.74, 6) is -1.01. The molecule has 1 aliphatic carbocycles. The van der Waals surface area contributed by atoms with Gasteiger partial charge in [-0.3, -0.25) is 4.79 Å². The number of amides is 1. The number of aromatic carboxylic acids is 1. The van der Waals surface area contributed by atoms with Crippen LogP contribution in [0.25, 0.3) is 16.5 Å². The molecule has 0 bridgehead atoms. The Morgan fingerprint density at radius 1 is 1.08 bits per heavy atom. The first-order chi connectivity index (χ1) is 17.3. The summed E-state index contributed by atoms with van der Waals surface area (Å²) >= 11 is 0. The van der Waals surface area contributed by atoms with Gasteiger partial charge in [0, 0.05) is 35.6 Å². The van der Waals surface area contributed by atoms with Gasteiger partial charge in [0.1, 0.15) is 28.3 Å². The van der Waals surface area contributed by atoms with E-state index in [-0.39, 0.29) is 34.3 Å². The van der Waals surface area contributed by atoms with Crippen molar-refractivity contribution < 1.29 is 33.3 Å². The van der Waals surface area contributed by atoms with Gasteiger partial charge in [0.15, 0.2) is 0 Å². The third kappa shape index (κ3) is 4.60. The molecule has 4 rings (SSSR count). The van der Waals surface area contributed by atoms with Gasteiger partial charge in [-0.15, -0.1) is 0 Å². The third-order valence-electron chi connectivity index (χ3n) is 6.06. The van der Waals surface area contributed by atoms with Gasteiger partial charge in [0.05, 0.1) is 20.3 Å². The largest absolute Gasteiger partial charge is 0.496 e. The molecule has 1 amide bonds. The molecule has 3 aromatic rings. The molecular formula is C27H25NO8. The predicted octanol–water partition coefficient (Wildman–Crippen LogP) is 4.43. The van der Waals surface area contributed by atoms with E-state index in [1.54, 1.807) is 32.4 Å². The first-order valence-electron chi connectivity index (χ1n) is 11.1. The quantitative estimate of drug-likeness (QED) is 0.465. The van der Waals surface area contributed by atoms with Crippen molar-refractivity contribution >= 4 is 34.1 Å². The summed E-state index contributed by atoms with van der Waals surface area (Å²) in [7, 11) is 4.54. The zero-order valence-corrected chi connectivity index (χ0v) is 20.2. The van der Waals surface area contributed by atoms with E-state index >= 15 is 0 Å². The van der Waals surface area contributed by atoms with Crippen LogP contribution in [0.5, 0.6) is 11.5 Å². The van der Waals surface area contributed by atoms with E-state index in [2.05, 4.69) is 5.32 Å². The molecule has 0 fully saturated rings. The maximum atomic E-state index is 13.1. The summed E-state index contributed by atoms with van der Waals surface area (Å²) in [5, 5.41) is 12.5. The number of benzene rings is 2. The maximum Gasteiger partial charge on any atom is 0.360 e. The summed E-state index contributed by atoms with van der Waals surface area (Å²) in [5.41, 5.74) is 1.35. The second-order valence-corrected chi connectivity index (χ2v) is 8.17. The monoisotopic (exact) mass is 491 g/mol. The van der Waals surface area contributed by atoms with Crippen molar-refractivity contribution in [2.45, 2.75) is 19.4 Å². The van der Waals surface area contributed by atoms with Crippen molar-refractivity contribution in [2.75, 3.05) is 26.6 Å². The van der Waals surface area contributed by atoms with Gasteiger partial charge in [-0.2, -0.15) is 0 Å². The van der Waals surface area contributed by atoms with Gasteiger partial charge in [-0.1, -0.05) is 18.2 Å². The number of aryl methyl sites for hydroxylation is 1. The molecule has 186 valence electrons. The number of anilines is 1. The van der Waals surface area contributed by atoms with Crippen LogP contribution >= 0.6 is 0 Å². The number of nitrogens with one attached hydrogen (secondary N) is 1. The highest BCUT2D eigenvalue weighted by molar-refractivity contribution is 6.06. The van der Waals surface area contributed by atoms with Crippen LogP contribution < -0.4 is 20.4 Å². The zero-order valence-electron chi connectivity index (χ0n) is 20.2. The summed E-state index contributed by atoms with van der Waals surface area (Å²) in [6.07, 6.45) is 6.31. The molecule has 36 heavy (non-hydrogen) atoms. The lowest BCUT2D eigenvalue weighted by Gasteiger charge is -2.19. The number of hydrogen-bond acceptors (Lipinski definition) is 7. The highest BCUT2D eigenvalue weighted by atomic mass is 16.5. The van der Waals surface area contributed by atoms with Gasteiger partial charge in [-0.25, -0.2) is 9.59 Å². The van der Waals surface area contributed by atoms with Crippen molar-refractivity contribution in [1.29, 1.82) is 0 Å². The number of carboxylic acid groups (broad SMARTS) is 1. The first-order valence-corrected chi connectivity index (χ1v) is 11.1. The Bertz CT molecular complexity index is 1480. The Morgan fingerprint density at radius 2 is 1.83 bits per heavy atom. The highest BCUT2D eigenvalue weighted by Crippen LogP contribution is 2.34. The van der Waals surface area contributed by atoms with Crippen LogP contribution in [0.3, 0.4) is 0 Å². The van der Waals surface area contributed by atoms with Crippen molar-refractivity contribution in [3.63, 3.8) is 0 Å². The van der Waals surface area contributed by atoms with Gasteiger partial charge >= 0.3 is 11.6 Å². The summed E-state index contributed by atoms with van der Waals surface area (Å²) in [6.45, 7) is 1.53. The number of rotatable bonds is 7. The van der Waals surface area contributed by atoms with Crippen LogP contribution in [0.4, 0.5) is 5.69 Å². The molecule has 0 aliphatic heterocycles. The Hall–Kier alpha value is -4.37. The number of methoxy groups -OCH3 is 3. The van der Waals surface area contributed by atoms with Crippen LogP contribution in [0.1, 0.15) is 38.3 Å². The lowest BCUT2D eigenvalue weighted by Crippen LogP contribution is -2.18. The second-order valence-electron chi connectivity index (χ2n) is 8.17. The molecule has 1 heterocycles. The Labute approximate surface area is 206 Å². The summed E-state index contributed by atoms with van der Waals surface area (Å²) < 4.78 is 21.5. The molecule has 1 atom stereocenters. The lowest BCUT2D eigenvalue weighted by molar-refractivity contribution is 0.0692. The molecular weight excluding hydrogens is 466 g/mol. The average Bonchev–Trinajstić information content (AvgIpc) is 2.88. The van der Waals surface area contributed by atoms with Crippen molar-refractivity contribution in [3.8, 4) is 11.5 Å². The van der Waals surface area contributed by atoms with E-state index < -0.39 is 17.5 Å². The van der Waals surface area contributed by atoms with Crippen LogP contribution in [-0.2, 0) is 4.74 Å². The number of carboxylic acids is 1. The van der Waals surface area contributed by atoms with Crippen LogP contribution in [0.15, 0.2) is 57.8 Å². The summed E-state index contributed by atoms with van der Waals surface area (Å²) in [6, 6.07) is 7.86. The fraction of sp³-hybridized carbons (Fsp3) is 0.222. The Balaban J connectivity index is 1.70. The zero-order chi connectivity index (χ0) is 26.0. The molecule has 9 nitrogen and oxygen atoms in total. The fourth-order valence-electron chi connectivity index (χ4n) is 4.22. The van der Waals surface area contributed by atoms with E-state index in [1.165, 1.54) is 26.2 Å². The average molecular weight is 491 g/mol. The maximum absolute atomic E-state index is 13.1. The Kier molecular flexibility index (Phi) is 6.93. The van der Waals surface area contributed by atoms with E-state index in [0.717, 1.165) is 11.1 Å². The normalized spacial score (nSPS) is 14.9. The minimum Gasteiger partial charge on any atom is -0.496 e. The number of allylic oxidation sites excluding steroid dienone is 2.